The molecule has 0 saturated heterocycles. The zero-order chi connectivity index (χ0) is 26.5. The Balaban J connectivity index is 1.36. The van der Waals surface area contributed by atoms with Crippen LogP contribution in [-0.4, -0.2) is 89.1 Å². The molecule has 0 amide bonds. The Morgan fingerprint density at radius 1 is 0.974 bits per heavy atom. The fourth-order valence-electron chi connectivity index (χ4n) is 4.88. The molecule has 0 spiro atoms. The lowest BCUT2D eigenvalue weighted by molar-refractivity contribution is 0.0179. The van der Waals surface area contributed by atoms with Crippen LogP contribution in [0.25, 0.3) is 15.3 Å². The van der Waals surface area contributed by atoms with Crippen LogP contribution in [0.4, 0.5) is 0 Å². The van der Waals surface area contributed by atoms with Gasteiger partial charge in [-0.3, -0.25) is 0 Å². The Morgan fingerprint density at radius 3 is 2.53 bits per heavy atom. The van der Waals surface area contributed by atoms with Crippen molar-refractivity contribution >= 4 is 28.0 Å². The molecule has 208 valence electrons. The number of hydrogen-bond donors (Lipinski definition) is 1. The third kappa shape index (κ3) is 5.72. The van der Waals surface area contributed by atoms with Crippen LogP contribution in [0, 0.1) is 6.92 Å². The van der Waals surface area contributed by atoms with Gasteiger partial charge in [0.25, 0.3) is 0 Å². The molecule has 5 rings (SSSR count). The largest absolute Gasteiger partial charge is 0.490 e. The summed E-state index contributed by atoms with van der Waals surface area (Å²) in [5, 5.41) is 11.7. The number of rotatable bonds is 15. The first-order valence-corrected chi connectivity index (χ1v) is 14.8. The van der Waals surface area contributed by atoms with Gasteiger partial charge in [0.1, 0.15) is 31.2 Å². The first-order valence-electron chi connectivity index (χ1n) is 13.0. The summed E-state index contributed by atoms with van der Waals surface area (Å²) in [5.74, 6) is 2.42. The summed E-state index contributed by atoms with van der Waals surface area (Å²) in [4.78, 5) is 2.25. The number of fused-ring (bicyclic) bond motifs is 2. The molecule has 2 aromatic rings. The Morgan fingerprint density at radius 2 is 1.74 bits per heavy atom. The van der Waals surface area contributed by atoms with Crippen molar-refractivity contribution in [2.45, 2.75) is 31.1 Å². The highest BCUT2D eigenvalue weighted by Crippen LogP contribution is 2.66. The molecule has 3 heterocycles. The van der Waals surface area contributed by atoms with E-state index in [4.69, 9.17) is 33.2 Å². The van der Waals surface area contributed by atoms with Crippen LogP contribution in [0.15, 0.2) is 23.1 Å². The van der Waals surface area contributed by atoms with Crippen molar-refractivity contribution in [3.8, 4) is 27.7 Å². The summed E-state index contributed by atoms with van der Waals surface area (Å²) in [6.07, 6.45) is 0.985. The fourth-order valence-corrected chi connectivity index (χ4v) is 7.58. The normalized spacial score (nSPS) is 21.6. The third-order valence-corrected chi connectivity index (χ3v) is 9.51. The zero-order valence-corrected chi connectivity index (χ0v) is 23.8. The summed E-state index contributed by atoms with van der Waals surface area (Å²) in [5.41, 5.74) is 4.23. The number of aryl methyl sites for hydroxylation is 1. The molecule has 0 bridgehead atoms. The maximum absolute atomic E-state index is 9.32. The maximum atomic E-state index is 9.32. The van der Waals surface area contributed by atoms with Gasteiger partial charge in [0, 0.05) is 33.8 Å². The van der Waals surface area contributed by atoms with Gasteiger partial charge in [-0.2, -0.15) is 0 Å². The van der Waals surface area contributed by atoms with E-state index >= 15 is 0 Å². The fraction of sp³-hybridized carbons (Fsp3) is 0.571. The van der Waals surface area contributed by atoms with Gasteiger partial charge in [0.15, 0.2) is 11.5 Å². The van der Waals surface area contributed by atoms with Gasteiger partial charge in [0.2, 0.25) is 0 Å². The first kappa shape index (κ1) is 27.8. The van der Waals surface area contributed by atoms with Crippen molar-refractivity contribution < 1.29 is 38.3 Å². The molecule has 1 aliphatic carbocycles. The molecule has 1 unspecified atom stereocenters. The molecule has 2 aliphatic heterocycles. The molecule has 1 fully saturated rings. The first-order chi connectivity index (χ1) is 18.6. The van der Waals surface area contributed by atoms with Crippen molar-refractivity contribution in [1.29, 1.82) is 0 Å². The van der Waals surface area contributed by atoms with Crippen molar-refractivity contribution in [3.05, 3.63) is 34.2 Å². The molecule has 1 saturated carbocycles. The molecule has 10 heteroatoms. The van der Waals surface area contributed by atoms with Gasteiger partial charge >= 0.3 is 0 Å². The number of aliphatic hydroxyl groups excluding tert-OH is 1. The number of hydrogen-bond acceptors (Lipinski definition) is 10. The van der Waals surface area contributed by atoms with E-state index in [2.05, 4.69) is 26.0 Å². The highest BCUT2D eigenvalue weighted by molar-refractivity contribution is 8.09. The van der Waals surface area contributed by atoms with Crippen molar-refractivity contribution in [3.63, 3.8) is 0 Å². The van der Waals surface area contributed by atoms with E-state index in [1.54, 1.807) is 18.4 Å². The molecule has 8 nitrogen and oxygen atoms in total. The Kier molecular flexibility index (Phi) is 9.20. The molecule has 2 atom stereocenters. The van der Waals surface area contributed by atoms with Gasteiger partial charge in [-0.1, -0.05) is 0 Å². The standard InChI is InChI=1S/C28H36O8S2/c1-18-14-21(26-19(2)28(36-5-4-29)16-24(28)38-26)22(33-11-10-32-9-8-31-7-6-30-3)15-20(18)27-25-23(17-37-27)34-12-13-35-25/h14-15,17,24,29H,4-13,16H2,1-3H3/t24?,28-/m1/s1. The molecular formula is C28H36O8S2. The van der Waals surface area contributed by atoms with Gasteiger partial charge in [0.05, 0.1) is 51.1 Å². The average molecular weight is 565 g/mol. The smallest absolute Gasteiger partial charge is 0.179 e. The predicted octanol–water partition coefficient (Wildman–Crippen LogP) is 4.55. The summed E-state index contributed by atoms with van der Waals surface area (Å²) in [7, 11) is 1.66. The highest BCUT2D eigenvalue weighted by atomic mass is 32.2. The molecule has 0 radical (unpaired) electrons. The minimum Gasteiger partial charge on any atom is -0.490 e. The second-order valence-electron chi connectivity index (χ2n) is 9.41. The molecule has 38 heavy (non-hydrogen) atoms. The van der Waals surface area contributed by atoms with Gasteiger partial charge in [-0.15, -0.1) is 23.1 Å². The van der Waals surface area contributed by atoms with E-state index in [9.17, 15) is 5.11 Å². The lowest BCUT2D eigenvalue weighted by Crippen LogP contribution is -2.19. The van der Waals surface area contributed by atoms with Gasteiger partial charge in [-0.05, 0) is 43.5 Å². The summed E-state index contributed by atoms with van der Waals surface area (Å²) >= 11 is 3.47. The lowest BCUT2D eigenvalue weighted by atomic mass is 9.98. The number of methoxy groups -OCH3 is 1. The molecule has 3 aliphatic rings. The monoisotopic (exact) mass is 564 g/mol. The molecular weight excluding hydrogens is 528 g/mol. The minimum absolute atomic E-state index is 0.0261. The topological polar surface area (TPSA) is 84.8 Å². The van der Waals surface area contributed by atoms with Gasteiger partial charge in [-0.25, -0.2) is 0 Å². The van der Waals surface area contributed by atoms with Crippen LogP contribution in [-0.2, 0) is 18.9 Å². The zero-order valence-electron chi connectivity index (χ0n) is 22.2. The predicted molar refractivity (Wildman–Crippen MR) is 149 cm³/mol. The van der Waals surface area contributed by atoms with Crippen LogP contribution in [0.5, 0.6) is 17.2 Å². The summed E-state index contributed by atoms with van der Waals surface area (Å²) < 4.78 is 40.4. The molecule has 1 aromatic heterocycles. The van der Waals surface area contributed by atoms with Crippen molar-refractivity contribution in [1.82, 2.24) is 0 Å². The number of thioether (sulfide) groups is 1. The lowest BCUT2D eigenvalue weighted by Gasteiger charge is -2.20. The SMILES string of the molecule is COCCOCCOCCOc1cc(-c2scc3c2OCCO3)c(C)cc1C1=C(C)[C@]2(OCCO)CC2S1. The quantitative estimate of drug-likeness (QED) is 0.313. The number of benzene rings is 1. The van der Waals surface area contributed by atoms with E-state index in [-0.39, 0.29) is 12.2 Å². The summed E-state index contributed by atoms with van der Waals surface area (Å²) in [6.45, 7) is 8.80. The van der Waals surface area contributed by atoms with Crippen LogP contribution in [0.3, 0.4) is 0 Å². The third-order valence-electron chi connectivity index (χ3n) is 6.94. The van der Waals surface area contributed by atoms with Crippen LogP contribution < -0.4 is 14.2 Å². The number of thiophene rings is 1. The van der Waals surface area contributed by atoms with Crippen LogP contribution in [0.1, 0.15) is 24.5 Å². The Labute approximate surface area is 232 Å². The maximum Gasteiger partial charge on any atom is 0.179 e. The van der Waals surface area contributed by atoms with E-state index < -0.39 is 0 Å². The molecule has 1 N–H and O–H groups in total. The van der Waals surface area contributed by atoms with E-state index in [1.807, 2.05) is 17.1 Å². The van der Waals surface area contributed by atoms with E-state index in [1.165, 1.54) is 10.5 Å². The molecule has 1 aromatic carbocycles. The number of aliphatic hydroxyl groups is 1. The van der Waals surface area contributed by atoms with E-state index in [0.29, 0.717) is 64.7 Å². The van der Waals surface area contributed by atoms with Crippen molar-refractivity contribution in [2.75, 3.05) is 73.2 Å². The van der Waals surface area contributed by atoms with Crippen LogP contribution in [0.2, 0.25) is 0 Å². The average Bonchev–Trinajstić information content (AvgIpc) is 3.35. The van der Waals surface area contributed by atoms with Crippen molar-refractivity contribution in [2.24, 2.45) is 0 Å². The highest BCUT2D eigenvalue weighted by Gasteiger charge is 2.62. The van der Waals surface area contributed by atoms with Gasteiger partial charge < -0.3 is 38.3 Å². The Hall–Kier alpha value is -1.79. The van der Waals surface area contributed by atoms with E-state index in [0.717, 1.165) is 45.2 Å². The summed E-state index contributed by atoms with van der Waals surface area (Å²) in [6, 6.07) is 4.33. The second kappa shape index (κ2) is 12.6. The minimum atomic E-state index is -0.267. The second-order valence-corrected chi connectivity index (χ2v) is 11.5. The van der Waals surface area contributed by atoms with Crippen LogP contribution >= 0.6 is 23.1 Å². The number of ether oxygens (including phenoxy) is 7. The Bertz CT molecular complexity index is 1150.